The molecular formula is C26H28ClN5O2S. The summed E-state index contributed by atoms with van der Waals surface area (Å²) < 4.78 is 7.73. The Kier molecular flexibility index (Phi) is 5.10. The summed E-state index contributed by atoms with van der Waals surface area (Å²) in [5.74, 6) is 2.14. The third-order valence-electron chi connectivity index (χ3n) is 8.33. The zero-order valence-corrected chi connectivity index (χ0v) is 21.3. The number of hydrogen-bond acceptors (Lipinski definition) is 6. The van der Waals surface area contributed by atoms with Gasteiger partial charge >= 0.3 is 0 Å². The minimum absolute atomic E-state index is 0.0235. The van der Waals surface area contributed by atoms with Gasteiger partial charge in [0.2, 0.25) is 5.91 Å². The van der Waals surface area contributed by atoms with Gasteiger partial charge in [-0.2, -0.15) is 0 Å². The van der Waals surface area contributed by atoms with Crippen molar-refractivity contribution in [1.29, 1.82) is 0 Å². The number of thiophene rings is 1. The van der Waals surface area contributed by atoms with Gasteiger partial charge in [0.25, 0.3) is 0 Å². The van der Waals surface area contributed by atoms with Crippen LogP contribution in [0, 0.1) is 18.3 Å². The Bertz CT molecular complexity index is 1320. The Morgan fingerprint density at radius 1 is 1.20 bits per heavy atom. The van der Waals surface area contributed by atoms with Crippen LogP contribution in [0.4, 0.5) is 0 Å². The van der Waals surface area contributed by atoms with Crippen molar-refractivity contribution in [1.82, 2.24) is 25.0 Å². The zero-order valence-electron chi connectivity index (χ0n) is 19.7. The second-order valence-electron chi connectivity index (χ2n) is 10.5. The smallest absolute Gasteiger partial charge is 0.226 e. The molecule has 35 heavy (non-hydrogen) atoms. The predicted molar refractivity (Wildman–Crippen MR) is 134 cm³/mol. The normalized spacial score (nSPS) is 24.5. The largest absolute Gasteiger partial charge is 0.381 e. The molecule has 2 fully saturated rings. The molecule has 1 aliphatic carbocycles. The molecular weight excluding hydrogens is 482 g/mol. The molecule has 3 aliphatic heterocycles. The summed E-state index contributed by atoms with van der Waals surface area (Å²) >= 11 is 8.48. The monoisotopic (exact) mass is 509 g/mol. The van der Waals surface area contributed by atoms with E-state index in [0.717, 1.165) is 74.2 Å². The molecule has 5 heterocycles. The van der Waals surface area contributed by atoms with Crippen molar-refractivity contribution >= 4 is 28.8 Å². The van der Waals surface area contributed by atoms with E-state index in [0.29, 0.717) is 17.9 Å². The van der Waals surface area contributed by atoms with E-state index in [2.05, 4.69) is 31.0 Å². The van der Waals surface area contributed by atoms with Crippen LogP contribution in [0.2, 0.25) is 5.02 Å². The van der Waals surface area contributed by atoms with E-state index in [1.54, 1.807) is 11.3 Å². The molecule has 2 atom stereocenters. The molecule has 9 heteroatoms. The van der Waals surface area contributed by atoms with Gasteiger partial charge < -0.3 is 9.64 Å². The van der Waals surface area contributed by atoms with Crippen LogP contribution in [-0.4, -0.2) is 51.9 Å². The fourth-order valence-corrected chi connectivity index (χ4v) is 8.19. The van der Waals surface area contributed by atoms with Crippen LogP contribution in [0.1, 0.15) is 52.1 Å². The molecule has 7 nitrogen and oxygen atoms in total. The summed E-state index contributed by atoms with van der Waals surface area (Å²) in [5, 5.41) is 14.4. The molecule has 3 aromatic rings. The summed E-state index contributed by atoms with van der Waals surface area (Å²) in [7, 11) is 0. The maximum atomic E-state index is 13.5. The summed E-state index contributed by atoms with van der Waals surface area (Å²) in [6.07, 6.45) is 3.75. The molecule has 7 rings (SSSR count). The van der Waals surface area contributed by atoms with Crippen LogP contribution >= 0.6 is 22.9 Å². The first-order valence-corrected chi connectivity index (χ1v) is 13.6. The van der Waals surface area contributed by atoms with E-state index in [1.165, 1.54) is 21.0 Å². The van der Waals surface area contributed by atoms with E-state index in [1.807, 2.05) is 25.1 Å². The lowest BCUT2D eigenvalue weighted by Crippen LogP contribution is -2.61. The van der Waals surface area contributed by atoms with Gasteiger partial charge in [-0.1, -0.05) is 29.8 Å². The number of carbonyl (C=O) groups excluding carboxylic acids is 1. The summed E-state index contributed by atoms with van der Waals surface area (Å²) in [4.78, 5) is 16.9. The topological polar surface area (TPSA) is 72.3 Å². The average Bonchev–Trinajstić information content (AvgIpc) is 3.48. The summed E-state index contributed by atoms with van der Waals surface area (Å²) in [6, 6.07) is 7.99. The number of benzene rings is 1. The van der Waals surface area contributed by atoms with E-state index in [9.17, 15) is 4.79 Å². The first kappa shape index (κ1) is 22.0. The molecule has 0 unspecified atom stereocenters. The van der Waals surface area contributed by atoms with E-state index in [-0.39, 0.29) is 12.0 Å². The molecule has 1 N–H and O–H groups in total. The highest BCUT2D eigenvalue weighted by molar-refractivity contribution is 7.15. The highest BCUT2D eigenvalue weighted by atomic mass is 35.5. The number of likely N-dealkylation sites (tertiary alicyclic amines) is 1. The first-order valence-electron chi connectivity index (χ1n) is 12.4. The summed E-state index contributed by atoms with van der Waals surface area (Å²) in [6.45, 7) is 6.05. The Balaban J connectivity index is 1.22. The lowest BCUT2D eigenvalue weighted by Gasteiger charge is -2.52. The number of ether oxygens (including phenoxy) is 1. The SMILES string of the molecule is Cc1nnc2n1-c1sc3c(c1[C@H](c1ccccc1Cl)NC2)C[C@H](C(=O)N1CC2(CCOCC2)C1)C3. The van der Waals surface area contributed by atoms with Gasteiger partial charge in [0.1, 0.15) is 10.8 Å². The summed E-state index contributed by atoms with van der Waals surface area (Å²) in [5.41, 5.74) is 3.91. The minimum atomic E-state index is -0.0526. The number of aromatic nitrogens is 3. The van der Waals surface area contributed by atoms with Gasteiger partial charge in [0.15, 0.2) is 5.82 Å². The van der Waals surface area contributed by atoms with Crippen molar-refractivity contribution in [3.05, 3.63) is 62.5 Å². The second kappa shape index (κ2) is 8.13. The van der Waals surface area contributed by atoms with Crippen LogP contribution < -0.4 is 5.32 Å². The van der Waals surface area contributed by atoms with Gasteiger partial charge in [-0.25, -0.2) is 0 Å². The number of halogens is 1. The Morgan fingerprint density at radius 2 is 2.00 bits per heavy atom. The van der Waals surface area contributed by atoms with E-state index in [4.69, 9.17) is 16.3 Å². The van der Waals surface area contributed by atoms with Gasteiger partial charge in [-0.3, -0.25) is 14.7 Å². The fraction of sp³-hybridized carbons (Fsp3) is 0.500. The number of aryl methyl sites for hydroxylation is 1. The number of amides is 1. The van der Waals surface area contributed by atoms with Crippen LogP contribution in [0.3, 0.4) is 0 Å². The molecule has 1 aromatic carbocycles. The molecule has 2 saturated heterocycles. The average molecular weight is 510 g/mol. The van der Waals surface area contributed by atoms with Crippen molar-refractivity contribution in [3.8, 4) is 5.00 Å². The van der Waals surface area contributed by atoms with E-state index >= 15 is 0 Å². The maximum absolute atomic E-state index is 13.5. The molecule has 2 aromatic heterocycles. The highest BCUT2D eigenvalue weighted by Gasteiger charge is 2.48. The fourth-order valence-electron chi connectivity index (χ4n) is 6.44. The van der Waals surface area contributed by atoms with Crippen LogP contribution in [0.15, 0.2) is 24.3 Å². The molecule has 0 radical (unpaired) electrons. The molecule has 0 saturated carbocycles. The maximum Gasteiger partial charge on any atom is 0.226 e. The second-order valence-corrected chi connectivity index (χ2v) is 12.0. The number of nitrogens with one attached hydrogen (secondary N) is 1. The van der Waals surface area contributed by atoms with Crippen molar-refractivity contribution in [2.45, 2.75) is 45.2 Å². The van der Waals surface area contributed by atoms with Crippen molar-refractivity contribution in [2.75, 3.05) is 26.3 Å². The predicted octanol–water partition coefficient (Wildman–Crippen LogP) is 3.84. The lowest BCUT2D eigenvalue weighted by atomic mass is 9.73. The lowest BCUT2D eigenvalue weighted by molar-refractivity contribution is -0.154. The molecule has 4 aliphatic rings. The Morgan fingerprint density at radius 3 is 2.80 bits per heavy atom. The van der Waals surface area contributed by atoms with E-state index < -0.39 is 0 Å². The highest BCUT2D eigenvalue weighted by Crippen LogP contribution is 2.48. The third-order valence-corrected chi connectivity index (χ3v) is 9.92. The van der Waals surface area contributed by atoms with Gasteiger partial charge in [-0.05, 0) is 49.8 Å². The first-order chi connectivity index (χ1) is 17.0. The quantitative estimate of drug-likeness (QED) is 0.568. The molecule has 1 spiro atoms. The van der Waals surface area contributed by atoms with Crippen molar-refractivity contribution in [2.24, 2.45) is 11.3 Å². The van der Waals surface area contributed by atoms with Crippen molar-refractivity contribution < 1.29 is 9.53 Å². The molecule has 1 amide bonds. The standard InChI is InChI=1S/C26H28ClN5O2S/c1-15-29-30-21-12-28-23(17-4-2-3-5-19(17)27)22-18-10-16(11-20(18)35-25(22)32(15)21)24(33)31-13-26(14-31)6-8-34-9-7-26/h2-5,16,23,28H,6-14H2,1H3/t16-,23-/m0/s1. The molecule has 182 valence electrons. The van der Waals surface area contributed by atoms with Crippen LogP contribution in [-0.2, 0) is 28.9 Å². The van der Waals surface area contributed by atoms with Gasteiger partial charge in [-0.15, -0.1) is 21.5 Å². The van der Waals surface area contributed by atoms with Crippen LogP contribution in [0.5, 0.6) is 0 Å². The molecule has 0 bridgehead atoms. The number of hydrogen-bond donors (Lipinski definition) is 1. The van der Waals surface area contributed by atoms with Gasteiger partial charge in [0, 0.05) is 53.1 Å². The van der Waals surface area contributed by atoms with Gasteiger partial charge in [0.05, 0.1) is 12.6 Å². The number of carbonyl (C=O) groups is 1. The zero-order chi connectivity index (χ0) is 23.7. The Hall–Kier alpha value is -2.26. The third kappa shape index (κ3) is 3.41. The Labute approximate surface area is 213 Å². The number of nitrogens with zero attached hydrogens (tertiary/aromatic N) is 4. The number of fused-ring (bicyclic) bond motifs is 5. The minimum Gasteiger partial charge on any atom is -0.381 e. The number of rotatable bonds is 2. The van der Waals surface area contributed by atoms with Crippen LogP contribution in [0.25, 0.3) is 5.00 Å². The van der Waals surface area contributed by atoms with Crippen molar-refractivity contribution in [3.63, 3.8) is 0 Å².